The van der Waals surface area contributed by atoms with E-state index in [1.807, 2.05) is 12.1 Å². The van der Waals surface area contributed by atoms with Gasteiger partial charge in [-0.3, -0.25) is 0 Å². The van der Waals surface area contributed by atoms with Crippen LogP contribution in [0, 0.1) is 0 Å². The lowest BCUT2D eigenvalue weighted by Crippen LogP contribution is -2.42. The van der Waals surface area contributed by atoms with Crippen molar-refractivity contribution in [2.75, 3.05) is 13.2 Å². The highest BCUT2D eigenvalue weighted by atomic mass is 16.5. The Kier molecular flexibility index (Phi) is 6.32. The first-order valence-electron chi connectivity index (χ1n) is 7.05. The van der Waals surface area contributed by atoms with Gasteiger partial charge in [0.1, 0.15) is 18.5 Å². The summed E-state index contributed by atoms with van der Waals surface area (Å²) in [6, 6.07) is 8.10. The lowest BCUT2D eigenvalue weighted by Gasteiger charge is -2.23. The molecule has 3 nitrogen and oxygen atoms in total. The van der Waals surface area contributed by atoms with E-state index >= 15 is 0 Å². The maximum absolute atomic E-state index is 9.83. The van der Waals surface area contributed by atoms with Crippen molar-refractivity contribution < 1.29 is 9.84 Å². The third kappa shape index (κ3) is 7.19. The number of benzene rings is 1. The first kappa shape index (κ1) is 16.0. The number of rotatable bonds is 7. The van der Waals surface area contributed by atoms with Crippen LogP contribution in [0.1, 0.15) is 39.7 Å². The van der Waals surface area contributed by atoms with E-state index in [-0.39, 0.29) is 5.54 Å². The lowest BCUT2D eigenvalue weighted by atomic mass is 10.1. The molecule has 0 aliphatic carbocycles. The Morgan fingerprint density at radius 2 is 1.84 bits per heavy atom. The largest absolute Gasteiger partial charge is 0.491 e. The average molecular weight is 265 g/mol. The molecule has 1 aromatic rings. The van der Waals surface area contributed by atoms with Crippen molar-refractivity contribution in [1.29, 1.82) is 0 Å². The van der Waals surface area contributed by atoms with Crippen LogP contribution in [0.3, 0.4) is 0 Å². The molecule has 0 radical (unpaired) electrons. The summed E-state index contributed by atoms with van der Waals surface area (Å²) in [6.45, 7) is 9.25. The van der Waals surface area contributed by atoms with E-state index in [1.54, 1.807) is 0 Å². The van der Waals surface area contributed by atoms with E-state index in [9.17, 15) is 5.11 Å². The molecule has 0 aliphatic heterocycles. The fourth-order valence-electron chi connectivity index (χ4n) is 1.72. The van der Waals surface area contributed by atoms with Crippen LogP contribution < -0.4 is 10.1 Å². The van der Waals surface area contributed by atoms with Crippen molar-refractivity contribution in [2.45, 2.75) is 52.2 Å². The monoisotopic (exact) mass is 265 g/mol. The van der Waals surface area contributed by atoms with E-state index in [2.05, 4.69) is 45.1 Å². The molecule has 1 aromatic carbocycles. The van der Waals surface area contributed by atoms with Crippen molar-refractivity contribution in [3.63, 3.8) is 0 Å². The van der Waals surface area contributed by atoms with Crippen LogP contribution >= 0.6 is 0 Å². The Morgan fingerprint density at radius 3 is 2.37 bits per heavy atom. The molecule has 0 saturated heterocycles. The smallest absolute Gasteiger partial charge is 0.119 e. The quantitative estimate of drug-likeness (QED) is 0.796. The number of hydrogen-bond donors (Lipinski definition) is 2. The fraction of sp³-hybridized carbons (Fsp3) is 0.625. The van der Waals surface area contributed by atoms with Gasteiger partial charge in [0, 0.05) is 12.1 Å². The zero-order valence-corrected chi connectivity index (χ0v) is 12.6. The molecule has 0 saturated carbocycles. The maximum Gasteiger partial charge on any atom is 0.119 e. The number of aliphatic hydroxyl groups is 1. The topological polar surface area (TPSA) is 41.5 Å². The predicted octanol–water partition coefficient (Wildman–Crippen LogP) is 2.77. The van der Waals surface area contributed by atoms with Gasteiger partial charge in [-0.2, -0.15) is 0 Å². The van der Waals surface area contributed by atoms with Crippen molar-refractivity contribution in [1.82, 2.24) is 5.32 Å². The van der Waals surface area contributed by atoms with Crippen LogP contribution in [0.2, 0.25) is 0 Å². The Morgan fingerprint density at radius 1 is 1.21 bits per heavy atom. The molecule has 0 bridgehead atoms. The summed E-state index contributed by atoms with van der Waals surface area (Å²) >= 11 is 0. The Labute approximate surface area is 117 Å². The van der Waals surface area contributed by atoms with Crippen molar-refractivity contribution in [3.8, 4) is 5.75 Å². The molecule has 0 heterocycles. The molecule has 3 heteroatoms. The van der Waals surface area contributed by atoms with Gasteiger partial charge in [0.15, 0.2) is 0 Å². The van der Waals surface area contributed by atoms with Gasteiger partial charge in [-0.15, -0.1) is 0 Å². The minimum absolute atomic E-state index is 0.0166. The summed E-state index contributed by atoms with van der Waals surface area (Å²) < 4.78 is 5.58. The molecular weight excluding hydrogens is 238 g/mol. The van der Waals surface area contributed by atoms with Crippen molar-refractivity contribution >= 4 is 0 Å². The van der Waals surface area contributed by atoms with E-state index in [0.717, 1.165) is 18.6 Å². The Balaban J connectivity index is 2.31. The first-order chi connectivity index (χ1) is 8.90. The molecule has 0 fully saturated rings. The third-order valence-electron chi connectivity index (χ3n) is 2.77. The van der Waals surface area contributed by atoms with Crippen LogP contribution in [0.25, 0.3) is 0 Å². The molecule has 0 aliphatic rings. The molecular formula is C16H27NO2. The van der Waals surface area contributed by atoms with Gasteiger partial charge in [0.25, 0.3) is 0 Å². The second-order valence-corrected chi connectivity index (χ2v) is 5.99. The summed E-state index contributed by atoms with van der Waals surface area (Å²) in [5, 5.41) is 13.1. The highest BCUT2D eigenvalue weighted by molar-refractivity contribution is 5.27. The van der Waals surface area contributed by atoms with Gasteiger partial charge in [-0.05, 0) is 44.9 Å². The fourth-order valence-corrected chi connectivity index (χ4v) is 1.72. The average Bonchev–Trinajstić information content (AvgIpc) is 2.35. The molecule has 1 atom stereocenters. The molecule has 108 valence electrons. The summed E-state index contributed by atoms with van der Waals surface area (Å²) in [4.78, 5) is 0. The second kappa shape index (κ2) is 7.51. The zero-order valence-electron chi connectivity index (χ0n) is 12.6. The van der Waals surface area contributed by atoms with Crippen molar-refractivity contribution in [2.24, 2.45) is 0 Å². The van der Waals surface area contributed by atoms with Gasteiger partial charge in [0.2, 0.25) is 0 Å². The number of ether oxygens (including phenoxy) is 1. The van der Waals surface area contributed by atoms with Crippen molar-refractivity contribution in [3.05, 3.63) is 29.8 Å². The Hall–Kier alpha value is -1.06. The second-order valence-electron chi connectivity index (χ2n) is 5.99. The molecule has 0 aromatic heterocycles. The standard InChI is InChI=1S/C16H27NO2/c1-5-6-13-7-9-15(10-8-13)19-12-14(18)11-17-16(2,3)4/h7-10,14,17-18H,5-6,11-12H2,1-4H3/t14-/m1/s1. The molecule has 0 spiro atoms. The van der Waals surface area contributed by atoms with Crippen LogP contribution in [0.5, 0.6) is 5.75 Å². The van der Waals surface area contributed by atoms with E-state index in [1.165, 1.54) is 5.56 Å². The molecule has 2 N–H and O–H groups in total. The van der Waals surface area contributed by atoms with Crippen LogP contribution in [0.4, 0.5) is 0 Å². The summed E-state index contributed by atoms with van der Waals surface area (Å²) in [7, 11) is 0. The number of hydrogen-bond acceptors (Lipinski definition) is 3. The zero-order chi connectivity index (χ0) is 14.3. The first-order valence-corrected chi connectivity index (χ1v) is 7.05. The normalized spacial score (nSPS) is 13.3. The van der Waals surface area contributed by atoms with E-state index < -0.39 is 6.10 Å². The summed E-state index contributed by atoms with van der Waals surface area (Å²) in [5.41, 5.74) is 1.34. The van der Waals surface area contributed by atoms with Crippen LogP contribution in [0.15, 0.2) is 24.3 Å². The minimum atomic E-state index is -0.491. The summed E-state index contributed by atoms with van der Waals surface area (Å²) in [6.07, 6.45) is 1.75. The molecule has 1 rings (SSSR count). The Bertz CT molecular complexity index is 354. The number of aryl methyl sites for hydroxylation is 1. The molecule has 19 heavy (non-hydrogen) atoms. The number of nitrogens with one attached hydrogen (secondary N) is 1. The number of β-amino-alcohol motifs (C(OH)–C–C–N with tert-alkyl or cyclic N) is 1. The third-order valence-corrected chi connectivity index (χ3v) is 2.77. The molecule has 0 amide bonds. The van der Waals surface area contributed by atoms with E-state index in [0.29, 0.717) is 13.2 Å². The highest BCUT2D eigenvalue weighted by Crippen LogP contribution is 2.13. The van der Waals surface area contributed by atoms with Gasteiger partial charge < -0.3 is 15.2 Å². The number of aliphatic hydroxyl groups excluding tert-OH is 1. The SMILES string of the molecule is CCCc1ccc(OC[C@H](O)CNC(C)(C)C)cc1. The van der Waals surface area contributed by atoms with Gasteiger partial charge in [-0.1, -0.05) is 25.5 Å². The molecule has 0 unspecified atom stereocenters. The van der Waals surface area contributed by atoms with Crippen LogP contribution in [-0.2, 0) is 6.42 Å². The minimum Gasteiger partial charge on any atom is -0.491 e. The van der Waals surface area contributed by atoms with Gasteiger partial charge >= 0.3 is 0 Å². The lowest BCUT2D eigenvalue weighted by molar-refractivity contribution is 0.100. The van der Waals surface area contributed by atoms with Gasteiger partial charge in [-0.25, -0.2) is 0 Å². The summed E-state index contributed by atoms with van der Waals surface area (Å²) in [5.74, 6) is 0.815. The van der Waals surface area contributed by atoms with E-state index in [4.69, 9.17) is 4.74 Å². The highest BCUT2D eigenvalue weighted by Gasteiger charge is 2.12. The van der Waals surface area contributed by atoms with Gasteiger partial charge in [0.05, 0.1) is 0 Å². The van der Waals surface area contributed by atoms with Crippen LogP contribution in [-0.4, -0.2) is 29.9 Å². The maximum atomic E-state index is 9.83. The predicted molar refractivity (Wildman–Crippen MR) is 79.7 cm³/mol.